The molecule has 1 saturated heterocycles. The lowest BCUT2D eigenvalue weighted by atomic mass is 9.91. The maximum Gasteiger partial charge on any atom is 0.321 e. The summed E-state index contributed by atoms with van der Waals surface area (Å²) < 4.78 is 18.5. The number of aliphatic imine (C=N–C) groups is 1. The summed E-state index contributed by atoms with van der Waals surface area (Å²) in [5.74, 6) is -1.30. The summed E-state index contributed by atoms with van der Waals surface area (Å²) in [5.41, 5.74) is 0.582. The standard InChI is InChI=1S/C22H24FN5O3/c1-2-31-21(30)18-19(15-6-8-16(23)9-7-15)25-22(26-20(18)29)28-13-11-27(12-14-28)17-5-3-4-10-24-17/h3-10,18-19H,2,11-14H2,1H3,(H,25,26,29)/t18-,19+/m1/s1. The van der Waals surface area contributed by atoms with Gasteiger partial charge in [-0.15, -0.1) is 0 Å². The number of rotatable bonds is 4. The molecule has 2 aromatic rings. The van der Waals surface area contributed by atoms with E-state index < -0.39 is 29.7 Å². The Morgan fingerprint density at radius 2 is 1.84 bits per heavy atom. The Labute approximate surface area is 179 Å². The summed E-state index contributed by atoms with van der Waals surface area (Å²) in [4.78, 5) is 38.6. The molecule has 9 heteroatoms. The topological polar surface area (TPSA) is 87.1 Å². The predicted octanol–water partition coefficient (Wildman–Crippen LogP) is 1.75. The number of guanidine groups is 1. The highest BCUT2D eigenvalue weighted by molar-refractivity contribution is 6.08. The van der Waals surface area contributed by atoms with Gasteiger partial charge in [-0.05, 0) is 36.8 Å². The van der Waals surface area contributed by atoms with Crippen molar-refractivity contribution in [1.29, 1.82) is 0 Å². The number of nitrogens with zero attached hydrogens (tertiary/aromatic N) is 4. The van der Waals surface area contributed by atoms with Gasteiger partial charge in [0.05, 0.1) is 6.61 Å². The lowest BCUT2D eigenvalue weighted by Gasteiger charge is -2.39. The smallest absolute Gasteiger partial charge is 0.321 e. The molecule has 2 aliphatic heterocycles. The van der Waals surface area contributed by atoms with Crippen molar-refractivity contribution < 1.29 is 18.7 Å². The lowest BCUT2D eigenvalue weighted by Crippen LogP contribution is -2.57. The predicted molar refractivity (Wildman–Crippen MR) is 113 cm³/mol. The van der Waals surface area contributed by atoms with Gasteiger partial charge in [0.2, 0.25) is 11.9 Å². The summed E-state index contributed by atoms with van der Waals surface area (Å²) >= 11 is 0. The second-order valence-corrected chi connectivity index (χ2v) is 7.33. The Balaban J connectivity index is 1.56. The molecule has 31 heavy (non-hydrogen) atoms. The number of piperazine rings is 1. The number of esters is 1. The van der Waals surface area contributed by atoms with Crippen LogP contribution in [0.3, 0.4) is 0 Å². The molecule has 0 radical (unpaired) electrons. The zero-order valence-electron chi connectivity index (χ0n) is 17.2. The van der Waals surface area contributed by atoms with Crippen LogP contribution in [0.1, 0.15) is 18.5 Å². The summed E-state index contributed by atoms with van der Waals surface area (Å²) in [6.07, 6.45) is 1.76. The fourth-order valence-electron chi connectivity index (χ4n) is 3.81. The number of anilines is 1. The van der Waals surface area contributed by atoms with E-state index in [2.05, 4.69) is 15.2 Å². The number of carbonyl (C=O) groups is 2. The summed E-state index contributed by atoms with van der Waals surface area (Å²) in [5, 5.41) is 2.77. The van der Waals surface area contributed by atoms with Crippen molar-refractivity contribution in [1.82, 2.24) is 15.2 Å². The molecule has 1 fully saturated rings. The zero-order valence-corrected chi connectivity index (χ0v) is 17.2. The van der Waals surface area contributed by atoms with Gasteiger partial charge in [0, 0.05) is 32.4 Å². The third kappa shape index (κ3) is 4.50. The molecule has 162 valence electrons. The molecular weight excluding hydrogens is 401 g/mol. The largest absolute Gasteiger partial charge is 0.465 e. The van der Waals surface area contributed by atoms with Crippen molar-refractivity contribution in [2.75, 3.05) is 37.7 Å². The van der Waals surface area contributed by atoms with Crippen molar-refractivity contribution in [3.63, 3.8) is 0 Å². The van der Waals surface area contributed by atoms with Crippen LogP contribution >= 0.6 is 0 Å². The highest BCUT2D eigenvalue weighted by Crippen LogP contribution is 2.31. The van der Waals surface area contributed by atoms with Gasteiger partial charge in [-0.1, -0.05) is 18.2 Å². The minimum Gasteiger partial charge on any atom is -0.465 e. The fraction of sp³-hybridized carbons (Fsp3) is 0.364. The van der Waals surface area contributed by atoms with E-state index in [4.69, 9.17) is 9.73 Å². The number of ether oxygens (including phenoxy) is 1. The number of benzene rings is 1. The first-order valence-electron chi connectivity index (χ1n) is 10.3. The quantitative estimate of drug-likeness (QED) is 0.593. The molecule has 8 nitrogen and oxygen atoms in total. The van der Waals surface area contributed by atoms with Crippen molar-refractivity contribution >= 4 is 23.7 Å². The number of carbonyl (C=O) groups excluding carboxylic acids is 2. The van der Waals surface area contributed by atoms with Gasteiger partial charge in [-0.3, -0.25) is 14.9 Å². The molecule has 1 aromatic carbocycles. The van der Waals surface area contributed by atoms with Crippen molar-refractivity contribution in [2.45, 2.75) is 13.0 Å². The molecule has 0 saturated carbocycles. The Kier molecular flexibility index (Phi) is 6.11. The minimum atomic E-state index is -1.12. The summed E-state index contributed by atoms with van der Waals surface area (Å²) in [7, 11) is 0. The van der Waals surface area contributed by atoms with Crippen molar-refractivity contribution in [2.24, 2.45) is 10.9 Å². The van der Waals surface area contributed by atoms with Gasteiger partial charge >= 0.3 is 5.97 Å². The zero-order chi connectivity index (χ0) is 21.8. The molecule has 0 unspecified atom stereocenters. The molecular formula is C22H24FN5O3. The molecule has 2 aliphatic rings. The maximum absolute atomic E-state index is 13.4. The highest BCUT2D eigenvalue weighted by atomic mass is 19.1. The van der Waals surface area contributed by atoms with E-state index in [-0.39, 0.29) is 6.61 Å². The van der Waals surface area contributed by atoms with Crippen LogP contribution in [0.4, 0.5) is 10.2 Å². The van der Waals surface area contributed by atoms with E-state index in [0.717, 1.165) is 5.82 Å². The van der Waals surface area contributed by atoms with Crippen LogP contribution < -0.4 is 10.2 Å². The second-order valence-electron chi connectivity index (χ2n) is 7.33. The molecule has 1 aromatic heterocycles. The van der Waals surface area contributed by atoms with E-state index in [1.807, 2.05) is 23.1 Å². The van der Waals surface area contributed by atoms with Crippen LogP contribution in [0.2, 0.25) is 0 Å². The van der Waals surface area contributed by atoms with Gasteiger partial charge < -0.3 is 14.5 Å². The van der Waals surface area contributed by atoms with Gasteiger partial charge in [0.15, 0.2) is 5.92 Å². The van der Waals surface area contributed by atoms with E-state index in [9.17, 15) is 14.0 Å². The van der Waals surface area contributed by atoms with Crippen LogP contribution in [0.15, 0.2) is 53.7 Å². The summed E-state index contributed by atoms with van der Waals surface area (Å²) in [6, 6.07) is 10.7. The van der Waals surface area contributed by atoms with Gasteiger partial charge in [-0.25, -0.2) is 14.4 Å². The first-order chi connectivity index (χ1) is 15.1. The lowest BCUT2D eigenvalue weighted by molar-refractivity contribution is -0.153. The van der Waals surface area contributed by atoms with Crippen LogP contribution in [0.25, 0.3) is 0 Å². The normalized spacial score (nSPS) is 21.4. The third-order valence-corrected chi connectivity index (χ3v) is 5.40. The first kappa shape index (κ1) is 20.8. The van der Waals surface area contributed by atoms with E-state index in [0.29, 0.717) is 37.7 Å². The van der Waals surface area contributed by atoms with Crippen LogP contribution in [0, 0.1) is 11.7 Å². The number of amides is 1. The summed E-state index contributed by atoms with van der Waals surface area (Å²) in [6.45, 7) is 4.54. The van der Waals surface area contributed by atoms with Gasteiger partial charge in [-0.2, -0.15) is 0 Å². The SMILES string of the molecule is CCOC(=O)[C@H]1C(=O)NC(N2CCN(c3ccccn3)CC2)=N[C@H]1c1ccc(F)cc1. The second kappa shape index (κ2) is 9.11. The average Bonchev–Trinajstić information content (AvgIpc) is 2.80. The molecule has 3 heterocycles. The van der Waals surface area contributed by atoms with Crippen LogP contribution in [-0.2, 0) is 14.3 Å². The number of pyridine rings is 1. The van der Waals surface area contributed by atoms with Crippen LogP contribution in [-0.4, -0.2) is 60.5 Å². The number of hydrogen-bond acceptors (Lipinski definition) is 7. The van der Waals surface area contributed by atoms with Gasteiger partial charge in [0.1, 0.15) is 17.7 Å². The Bertz CT molecular complexity index is 959. The van der Waals surface area contributed by atoms with E-state index >= 15 is 0 Å². The molecule has 0 spiro atoms. The van der Waals surface area contributed by atoms with Crippen molar-refractivity contribution in [3.05, 3.63) is 60.0 Å². The average molecular weight is 425 g/mol. The molecule has 0 bridgehead atoms. The Morgan fingerprint density at radius 3 is 2.48 bits per heavy atom. The van der Waals surface area contributed by atoms with Gasteiger partial charge in [0.25, 0.3) is 0 Å². The molecule has 1 N–H and O–H groups in total. The fourth-order valence-corrected chi connectivity index (χ4v) is 3.81. The Hall–Kier alpha value is -3.49. The minimum absolute atomic E-state index is 0.158. The third-order valence-electron chi connectivity index (χ3n) is 5.40. The van der Waals surface area contributed by atoms with E-state index in [1.54, 1.807) is 25.3 Å². The number of hydrogen-bond donors (Lipinski definition) is 1. The number of aromatic nitrogens is 1. The molecule has 0 aliphatic carbocycles. The monoisotopic (exact) mass is 425 g/mol. The molecule has 1 amide bonds. The maximum atomic E-state index is 13.4. The molecule has 4 rings (SSSR count). The van der Waals surface area contributed by atoms with Crippen LogP contribution in [0.5, 0.6) is 0 Å². The molecule has 2 atom stereocenters. The number of halogens is 1. The van der Waals surface area contributed by atoms with Crippen molar-refractivity contribution in [3.8, 4) is 0 Å². The highest BCUT2D eigenvalue weighted by Gasteiger charge is 2.42. The van der Waals surface area contributed by atoms with E-state index in [1.165, 1.54) is 12.1 Å². The number of nitrogens with one attached hydrogen (secondary N) is 1. The first-order valence-corrected chi connectivity index (χ1v) is 10.3. The Morgan fingerprint density at radius 1 is 1.13 bits per heavy atom.